The maximum Gasteiger partial charge on any atom is 0.259 e. The summed E-state index contributed by atoms with van der Waals surface area (Å²) >= 11 is 0. The van der Waals surface area contributed by atoms with Gasteiger partial charge in [0, 0.05) is 29.8 Å². The van der Waals surface area contributed by atoms with Gasteiger partial charge in [-0.05, 0) is 31.5 Å². The number of ether oxygens (including phenoxy) is 1. The third-order valence-corrected chi connectivity index (χ3v) is 3.10. The number of rotatable bonds is 5. The van der Waals surface area contributed by atoms with Crippen molar-refractivity contribution in [2.45, 2.75) is 26.4 Å². The van der Waals surface area contributed by atoms with Gasteiger partial charge in [0.05, 0.1) is 11.7 Å². The van der Waals surface area contributed by atoms with Crippen LogP contribution >= 0.6 is 0 Å². The minimum Gasteiger partial charge on any atom is -0.491 e. The molecule has 1 amide bonds. The van der Waals surface area contributed by atoms with Crippen LogP contribution in [0.5, 0.6) is 5.75 Å². The lowest BCUT2D eigenvalue weighted by Crippen LogP contribution is -2.14. The van der Waals surface area contributed by atoms with E-state index in [1.165, 1.54) is 6.20 Å². The number of nitrogen functional groups attached to an aromatic ring is 1. The van der Waals surface area contributed by atoms with Crippen molar-refractivity contribution in [3.8, 4) is 5.75 Å². The molecular formula is C16H19N3O2. The maximum absolute atomic E-state index is 12.2. The van der Waals surface area contributed by atoms with Gasteiger partial charge in [-0.3, -0.25) is 9.78 Å². The lowest BCUT2D eigenvalue weighted by atomic mass is 10.2. The summed E-state index contributed by atoms with van der Waals surface area (Å²) in [6, 6.07) is 8.88. The fraction of sp³-hybridized carbons (Fsp3) is 0.250. The zero-order valence-corrected chi connectivity index (χ0v) is 12.2. The quantitative estimate of drug-likeness (QED) is 0.885. The number of nitrogens with two attached hydrogens (primary N) is 1. The van der Waals surface area contributed by atoms with Crippen LogP contribution in [0.2, 0.25) is 0 Å². The van der Waals surface area contributed by atoms with E-state index in [1.54, 1.807) is 24.4 Å². The molecule has 1 heterocycles. The Labute approximate surface area is 124 Å². The predicted molar refractivity (Wildman–Crippen MR) is 83.4 cm³/mol. The van der Waals surface area contributed by atoms with Gasteiger partial charge in [0.25, 0.3) is 5.91 Å². The van der Waals surface area contributed by atoms with Crippen LogP contribution in [0.3, 0.4) is 0 Å². The molecule has 0 aliphatic heterocycles. The molecule has 1 atom stereocenters. The second kappa shape index (κ2) is 6.74. The summed E-state index contributed by atoms with van der Waals surface area (Å²) in [4.78, 5) is 16.1. The molecule has 0 radical (unpaired) electrons. The summed E-state index contributed by atoms with van der Waals surface area (Å²) in [6.45, 7) is 4.06. The minimum atomic E-state index is -0.290. The Hall–Kier alpha value is -2.56. The Morgan fingerprint density at radius 2 is 2.24 bits per heavy atom. The first-order valence-corrected chi connectivity index (χ1v) is 6.87. The number of amides is 1. The Morgan fingerprint density at radius 1 is 1.43 bits per heavy atom. The van der Waals surface area contributed by atoms with Crippen molar-refractivity contribution in [1.29, 1.82) is 0 Å². The standard InChI is InChI=1S/C16H19N3O2/c1-3-11(2)21-13-6-4-5-12(9-13)19-16(20)14-10-18-8-7-15(14)17/h4-11H,3H2,1-2H3,(H2,17,18)(H,19,20). The third-order valence-electron chi connectivity index (χ3n) is 3.10. The van der Waals surface area contributed by atoms with Crippen molar-refractivity contribution in [3.05, 3.63) is 48.3 Å². The van der Waals surface area contributed by atoms with Crippen LogP contribution in [0.15, 0.2) is 42.7 Å². The second-order valence-corrected chi connectivity index (χ2v) is 4.78. The van der Waals surface area contributed by atoms with Gasteiger partial charge >= 0.3 is 0 Å². The monoisotopic (exact) mass is 285 g/mol. The van der Waals surface area contributed by atoms with E-state index in [0.29, 0.717) is 16.9 Å². The summed E-state index contributed by atoms with van der Waals surface area (Å²) in [5, 5.41) is 2.79. The van der Waals surface area contributed by atoms with Crippen LogP contribution in [0.4, 0.5) is 11.4 Å². The molecule has 0 aliphatic rings. The third kappa shape index (κ3) is 3.95. The fourth-order valence-corrected chi connectivity index (χ4v) is 1.76. The number of carbonyl (C=O) groups is 1. The molecule has 110 valence electrons. The molecule has 2 rings (SSSR count). The van der Waals surface area contributed by atoms with E-state index >= 15 is 0 Å². The Bertz CT molecular complexity index is 628. The smallest absolute Gasteiger partial charge is 0.259 e. The van der Waals surface area contributed by atoms with Gasteiger partial charge < -0.3 is 15.8 Å². The van der Waals surface area contributed by atoms with Crippen LogP contribution < -0.4 is 15.8 Å². The lowest BCUT2D eigenvalue weighted by Gasteiger charge is -2.14. The summed E-state index contributed by atoms with van der Waals surface area (Å²) in [6.07, 6.45) is 4.05. The van der Waals surface area contributed by atoms with Crippen LogP contribution in [0, 0.1) is 0 Å². The number of anilines is 2. The van der Waals surface area contributed by atoms with Crippen molar-refractivity contribution >= 4 is 17.3 Å². The van der Waals surface area contributed by atoms with E-state index in [-0.39, 0.29) is 12.0 Å². The molecule has 5 nitrogen and oxygen atoms in total. The molecule has 5 heteroatoms. The normalized spacial score (nSPS) is 11.7. The van der Waals surface area contributed by atoms with Crippen LogP contribution in [-0.2, 0) is 0 Å². The number of hydrogen-bond acceptors (Lipinski definition) is 4. The van der Waals surface area contributed by atoms with Gasteiger partial charge in [-0.2, -0.15) is 0 Å². The first-order valence-electron chi connectivity index (χ1n) is 6.87. The van der Waals surface area contributed by atoms with Crippen LogP contribution in [-0.4, -0.2) is 17.0 Å². The Balaban J connectivity index is 2.11. The molecule has 1 aromatic carbocycles. The van der Waals surface area contributed by atoms with Gasteiger partial charge in [-0.15, -0.1) is 0 Å². The van der Waals surface area contributed by atoms with Crippen molar-refractivity contribution in [3.63, 3.8) is 0 Å². The van der Waals surface area contributed by atoms with Gasteiger partial charge in [-0.25, -0.2) is 0 Å². The van der Waals surface area contributed by atoms with Gasteiger partial charge in [0.2, 0.25) is 0 Å². The molecule has 3 N–H and O–H groups in total. The highest BCUT2D eigenvalue weighted by atomic mass is 16.5. The number of benzene rings is 1. The second-order valence-electron chi connectivity index (χ2n) is 4.78. The number of nitrogens with one attached hydrogen (secondary N) is 1. The number of pyridine rings is 1. The van der Waals surface area contributed by atoms with E-state index in [0.717, 1.165) is 12.2 Å². The molecule has 0 bridgehead atoms. The van der Waals surface area contributed by atoms with Crippen molar-refractivity contribution in [2.24, 2.45) is 0 Å². The maximum atomic E-state index is 12.2. The zero-order valence-electron chi connectivity index (χ0n) is 12.2. The van der Waals surface area contributed by atoms with Crippen molar-refractivity contribution < 1.29 is 9.53 Å². The SMILES string of the molecule is CCC(C)Oc1cccc(NC(=O)c2cnccc2N)c1. The first kappa shape index (κ1) is 14.8. The number of aromatic nitrogens is 1. The van der Waals surface area contributed by atoms with E-state index in [9.17, 15) is 4.79 Å². The number of hydrogen-bond donors (Lipinski definition) is 2. The molecule has 0 saturated carbocycles. The van der Waals surface area contributed by atoms with E-state index in [2.05, 4.69) is 17.2 Å². The van der Waals surface area contributed by atoms with E-state index in [1.807, 2.05) is 19.1 Å². The van der Waals surface area contributed by atoms with Crippen molar-refractivity contribution in [2.75, 3.05) is 11.1 Å². The van der Waals surface area contributed by atoms with Gasteiger partial charge in [0.1, 0.15) is 5.75 Å². The largest absolute Gasteiger partial charge is 0.491 e. The predicted octanol–water partition coefficient (Wildman–Crippen LogP) is 3.09. The Kier molecular flexibility index (Phi) is 4.77. The molecule has 0 saturated heterocycles. The fourth-order valence-electron chi connectivity index (χ4n) is 1.76. The topological polar surface area (TPSA) is 77.2 Å². The zero-order chi connectivity index (χ0) is 15.2. The highest BCUT2D eigenvalue weighted by molar-refractivity contribution is 6.07. The van der Waals surface area contributed by atoms with E-state index in [4.69, 9.17) is 10.5 Å². The van der Waals surface area contributed by atoms with Crippen molar-refractivity contribution in [1.82, 2.24) is 4.98 Å². The summed E-state index contributed by atoms with van der Waals surface area (Å²) in [5.74, 6) is 0.433. The summed E-state index contributed by atoms with van der Waals surface area (Å²) in [5.41, 5.74) is 7.17. The van der Waals surface area contributed by atoms with Gasteiger partial charge in [-0.1, -0.05) is 13.0 Å². The average Bonchev–Trinajstić information content (AvgIpc) is 2.47. The molecule has 21 heavy (non-hydrogen) atoms. The lowest BCUT2D eigenvalue weighted by molar-refractivity contribution is 0.102. The molecule has 1 unspecified atom stereocenters. The highest BCUT2D eigenvalue weighted by Crippen LogP contribution is 2.20. The summed E-state index contributed by atoms with van der Waals surface area (Å²) < 4.78 is 5.73. The average molecular weight is 285 g/mol. The summed E-state index contributed by atoms with van der Waals surface area (Å²) in [7, 11) is 0. The number of nitrogens with zero attached hydrogens (tertiary/aromatic N) is 1. The molecule has 1 aromatic heterocycles. The van der Waals surface area contributed by atoms with Crippen LogP contribution in [0.1, 0.15) is 30.6 Å². The molecular weight excluding hydrogens is 266 g/mol. The molecule has 0 spiro atoms. The molecule has 0 fully saturated rings. The number of carbonyl (C=O) groups excluding carboxylic acids is 1. The van der Waals surface area contributed by atoms with E-state index < -0.39 is 0 Å². The highest BCUT2D eigenvalue weighted by Gasteiger charge is 2.10. The Morgan fingerprint density at radius 3 is 2.95 bits per heavy atom. The van der Waals surface area contributed by atoms with Gasteiger partial charge in [0.15, 0.2) is 0 Å². The minimum absolute atomic E-state index is 0.130. The molecule has 0 aliphatic carbocycles. The van der Waals surface area contributed by atoms with Crippen LogP contribution in [0.25, 0.3) is 0 Å². The first-order chi connectivity index (χ1) is 10.1. The molecule has 2 aromatic rings.